The van der Waals surface area contributed by atoms with Crippen LogP contribution in [0.5, 0.6) is 0 Å². The van der Waals surface area contributed by atoms with E-state index in [2.05, 4.69) is 39.5 Å². The molecule has 0 aliphatic carbocycles. The smallest absolute Gasteiger partial charge is 0.288 e. The Kier molecular flexibility index (Phi) is 3.32. The maximum atomic E-state index is 5.54. The van der Waals surface area contributed by atoms with Crippen LogP contribution in [0, 0.1) is 6.92 Å². The first-order valence-electron chi connectivity index (χ1n) is 5.66. The molecule has 79 valence electrons. The lowest BCUT2D eigenvalue weighted by atomic mass is 9.89. The highest BCUT2D eigenvalue weighted by atomic mass is 16.7. The Balaban J connectivity index is 2.27. The average molecular weight is 202 g/mol. The second-order valence-electron chi connectivity index (χ2n) is 4.01. The number of aryl methyl sites for hydroxylation is 2. The molecular formula is C12H17BNO. The molecule has 0 aromatic heterocycles. The van der Waals surface area contributed by atoms with Gasteiger partial charge in [0, 0.05) is 0 Å². The van der Waals surface area contributed by atoms with E-state index in [-0.39, 0.29) is 0 Å². The summed E-state index contributed by atoms with van der Waals surface area (Å²) in [6, 6.07) is 6.56. The summed E-state index contributed by atoms with van der Waals surface area (Å²) >= 11 is 0. The van der Waals surface area contributed by atoms with Crippen molar-refractivity contribution in [3.8, 4) is 0 Å². The van der Waals surface area contributed by atoms with Crippen LogP contribution in [0.4, 0.5) is 5.69 Å². The van der Waals surface area contributed by atoms with Crippen LogP contribution >= 0.6 is 0 Å². The van der Waals surface area contributed by atoms with Gasteiger partial charge < -0.3 is 4.97 Å². The molecule has 15 heavy (non-hydrogen) atoms. The summed E-state index contributed by atoms with van der Waals surface area (Å²) in [5, 5.41) is 0. The van der Waals surface area contributed by atoms with Crippen LogP contribution in [0.15, 0.2) is 18.2 Å². The van der Waals surface area contributed by atoms with Gasteiger partial charge in [0.1, 0.15) is 0 Å². The highest BCUT2D eigenvalue weighted by molar-refractivity contribution is 6.41. The maximum absolute atomic E-state index is 5.54. The first kappa shape index (κ1) is 10.6. The highest BCUT2D eigenvalue weighted by Gasteiger charge is 2.17. The van der Waals surface area contributed by atoms with E-state index in [0.29, 0.717) is 0 Å². The number of anilines is 1. The van der Waals surface area contributed by atoms with E-state index in [9.17, 15) is 0 Å². The summed E-state index contributed by atoms with van der Waals surface area (Å²) in [6.45, 7) is 5.15. The monoisotopic (exact) mass is 202 g/mol. The minimum atomic E-state index is 0.805. The maximum Gasteiger partial charge on any atom is 0.288 e. The van der Waals surface area contributed by atoms with Gasteiger partial charge in [-0.05, 0) is 31.3 Å². The Morgan fingerprint density at radius 2 is 2.33 bits per heavy atom. The Morgan fingerprint density at radius 1 is 1.47 bits per heavy atom. The topological polar surface area (TPSA) is 12.5 Å². The first-order valence-corrected chi connectivity index (χ1v) is 5.66. The Morgan fingerprint density at radius 3 is 3.00 bits per heavy atom. The fourth-order valence-corrected chi connectivity index (χ4v) is 1.94. The van der Waals surface area contributed by atoms with Gasteiger partial charge in [0.15, 0.2) is 0 Å². The quantitative estimate of drug-likeness (QED) is 0.698. The lowest BCUT2D eigenvalue weighted by Gasteiger charge is -2.20. The van der Waals surface area contributed by atoms with Crippen LogP contribution in [-0.2, 0) is 11.3 Å². The number of hydrogen-bond donors (Lipinski definition) is 0. The van der Waals surface area contributed by atoms with Gasteiger partial charge in [-0.15, -0.1) is 0 Å². The predicted molar refractivity (Wildman–Crippen MR) is 64.2 cm³/mol. The van der Waals surface area contributed by atoms with Crippen molar-refractivity contribution in [2.24, 2.45) is 0 Å². The summed E-state index contributed by atoms with van der Waals surface area (Å²) in [5.74, 6) is 0. The summed E-state index contributed by atoms with van der Waals surface area (Å²) in [5.41, 5.74) is 3.91. The van der Waals surface area contributed by atoms with Crippen LogP contribution in [-0.4, -0.2) is 14.0 Å². The zero-order chi connectivity index (χ0) is 10.7. The molecule has 0 unspecified atom stereocenters. The predicted octanol–water partition coefficient (Wildman–Crippen LogP) is 2.74. The van der Waals surface area contributed by atoms with Gasteiger partial charge >= 0.3 is 0 Å². The van der Waals surface area contributed by atoms with Crippen LogP contribution in [0.3, 0.4) is 0 Å². The van der Waals surface area contributed by atoms with Crippen molar-refractivity contribution >= 4 is 13.1 Å². The standard InChI is InChI=1S/C12H17BNO/c1-3-4-11-9-10(2)5-6-12(11)14-13-7-8-15-14/h5-6,9H,3-4,7-8H2,1-2H3. The highest BCUT2D eigenvalue weighted by Crippen LogP contribution is 2.25. The Labute approximate surface area is 92.5 Å². The molecule has 1 radical (unpaired) electrons. The zero-order valence-corrected chi connectivity index (χ0v) is 9.49. The van der Waals surface area contributed by atoms with Gasteiger partial charge in [-0.25, -0.2) is 0 Å². The third-order valence-corrected chi connectivity index (χ3v) is 2.63. The molecule has 1 aliphatic heterocycles. The molecule has 1 aliphatic rings. The fraction of sp³-hybridized carbons (Fsp3) is 0.500. The lowest BCUT2D eigenvalue weighted by molar-refractivity contribution is 0.185. The Bertz CT molecular complexity index is 334. The van der Waals surface area contributed by atoms with Gasteiger partial charge in [0.25, 0.3) is 7.41 Å². The zero-order valence-electron chi connectivity index (χ0n) is 9.49. The van der Waals surface area contributed by atoms with Crippen LogP contribution < -0.4 is 4.97 Å². The van der Waals surface area contributed by atoms with Crippen molar-refractivity contribution in [1.29, 1.82) is 0 Å². The van der Waals surface area contributed by atoms with Crippen molar-refractivity contribution in [3.05, 3.63) is 29.3 Å². The second-order valence-corrected chi connectivity index (χ2v) is 4.01. The lowest BCUT2D eigenvalue weighted by Crippen LogP contribution is -2.20. The van der Waals surface area contributed by atoms with E-state index in [1.54, 1.807) is 0 Å². The molecule has 0 saturated carbocycles. The van der Waals surface area contributed by atoms with Crippen molar-refractivity contribution in [2.75, 3.05) is 11.6 Å². The molecule has 1 aromatic carbocycles. The summed E-state index contributed by atoms with van der Waals surface area (Å²) in [4.78, 5) is 7.46. The molecule has 2 rings (SSSR count). The third-order valence-electron chi connectivity index (χ3n) is 2.63. The Hall–Kier alpha value is -0.955. The minimum Gasteiger partial charge on any atom is -0.306 e. The number of hydrogen-bond acceptors (Lipinski definition) is 2. The summed E-state index contributed by atoms with van der Waals surface area (Å²) < 4.78 is 0. The van der Waals surface area contributed by atoms with E-state index < -0.39 is 0 Å². The second kappa shape index (κ2) is 4.71. The molecule has 0 bridgehead atoms. The molecule has 0 spiro atoms. The van der Waals surface area contributed by atoms with Crippen molar-refractivity contribution in [1.82, 2.24) is 0 Å². The van der Waals surface area contributed by atoms with E-state index >= 15 is 0 Å². The van der Waals surface area contributed by atoms with Crippen LogP contribution in [0.1, 0.15) is 24.5 Å². The fourth-order valence-electron chi connectivity index (χ4n) is 1.94. The van der Waals surface area contributed by atoms with Crippen LogP contribution in [0.2, 0.25) is 6.32 Å². The van der Waals surface area contributed by atoms with E-state index in [0.717, 1.165) is 19.3 Å². The molecule has 1 fully saturated rings. The first-order chi connectivity index (χ1) is 7.31. The van der Waals surface area contributed by atoms with E-state index in [4.69, 9.17) is 4.84 Å². The molecule has 1 heterocycles. The van der Waals surface area contributed by atoms with Gasteiger partial charge in [0.2, 0.25) is 0 Å². The molecule has 1 saturated heterocycles. The summed E-state index contributed by atoms with van der Waals surface area (Å²) in [7, 11) is 2.11. The van der Waals surface area contributed by atoms with Gasteiger partial charge in [-0.3, -0.25) is 4.84 Å². The largest absolute Gasteiger partial charge is 0.306 e. The van der Waals surface area contributed by atoms with Crippen molar-refractivity contribution in [2.45, 2.75) is 33.0 Å². The molecule has 1 aromatic rings. The van der Waals surface area contributed by atoms with Gasteiger partial charge in [0.05, 0.1) is 12.3 Å². The number of nitrogens with zero attached hydrogens (tertiary/aromatic N) is 1. The molecule has 0 amide bonds. The molecule has 0 N–H and O–H groups in total. The summed E-state index contributed by atoms with van der Waals surface area (Å²) in [6.07, 6.45) is 3.30. The van der Waals surface area contributed by atoms with Gasteiger partial charge in [-0.1, -0.05) is 31.0 Å². The molecule has 3 heteroatoms. The number of benzene rings is 1. The molecule has 0 atom stereocenters. The van der Waals surface area contributed by atoms with E-state index in [1.807, 2.05) is 4.97 Å². The average Bonchev–Trinajstić information content (AvgIpc) is 2.71. The van der Waals surface area contributed by atoms with Crippen LogP contribution in [0.25, 0.3) is 0 Å². The molecular weight excluding hydrogens is 185 g/mol. The number of rotatable bonds is 3. The van der Waals surface area contributed by atoms with Crippen molar-refractivity contribution in [3.63, 3.8) is 0 Å². The van der Waals surface area contributed by atoms with Crippen molar-refractivity contribution < 1.29 is 4.84 Å². The third kappa shape index (κ3) is 2.35. The normalized spacial score (nSPS) is 15.5. The SMILES string of the molecule is CCCc1cc(C)ccc1N1[B]CCO1. The van der Waals surface area contributed by atoms with Gasteiger partial charge in [-0.2, -0.15) is 0 Å². The minimum absolute atomic E-state index is 0.805. The van der Waals surface area contributed by atoms with E-state index in [1.165, 1.54) is 23.2 Å². The molecule has 2 nitrogen and oxygen atoms in total.